The Bertz CT molecular complexity index is 440. The minimum absolute atomic E-state index is 0.0623. The lowest BCUT2D eigenvalue weighted by atomic mass is 10.2. The average Bonchev–Trinajstić information content (AvgIpc) is 2.87. The minimum Gasteiger partial charge on any atom is -0.389 e. The molecule has 0 aromatic carbocycles. The van der Waals surface area contributed by atoms with E-state index >= 15 is 0 Å². The third-order valence-electron chi connectivity index (χ3n) is 3.53. The van der Waals surface area contributed by atoms with E-state index in [9.17, 15) is 18.3 Å². The molecule has 124 valence electrons. The van der Waals surface area contributed by atoms with Crippen molar-refractivity contribution in [3.8, 4) is 0 Å². The van der Waals surface area contributed by atoms with E-state index in [1.54, 1.807) is 14.0 Å². The highest BCUT2D eigenvalue weighted by Gasteiger charge is 2.39. The highest BCUT2D eigenvalue weighted by atomic mass is 32.2. The van der Waals surface area contributed by atoms with Gasteiger partial charge in [0.2, 0.25) is 15.9 Å². The molecule has 0 aromatic rings. The van der Waals surface area contributed by atoms with Gasteiger partial charge in [-0.2, -0.15) is 4.31 Å². The molecule has 2 atom stereocenters. The summed E-state index contributed by atoms with van der Waals surface area (Å²) in [6.45, 7) is 2.47. The first-order valence-corrected chi connectivity index (χ1v) is 8.85. The monoisotopic (exact) mass is 322 g/mol. The van der Waals surface area contributed by atoms with E-state index in [0.717, 1.165) is 0 Å². The lowest BCUT2D eigenvalue weighted by molar-refractivity contribution is -0.135. The van der Waals surface area contributed by atoms with Crippen molar-refractivity contribution in [2.75, 3.05) is 39.6 Å². The topological polar surface area (TPSA) is 87.2 Å². The molecule has 1 aliphatic rings. The van der Waals surface area contributed by atoms with Crippen molar-refractivity contribution in [1.29, 1.82) is 0 Å². The first kappa shape index (κ1) is 18.3. The van der Waals surface area contributed by atoms with E-state index in [0.29, 0.717) is 25.8 Å². The third-order valence-corrected chi connectivity index (χ3v) is 5.60. The van der Waals surface area contributed by atoms with E-state index in [1.165, 1.54) is 16.3 Å². The molecule has 0 spiro atoms. The van der Waals surface area contributed by atoms with E-state index in [4.69, 9.17) is 4.74 Å². The van der Waals surface area contributed by atoms with Crippen LogP contribution in [-0.4, -0.2) is 80.4 Å². The van der Waals surface area contributed by atoms with Gasteiger partial charge in [-0.05, 0) is 19.3 Å². The molecule has 1 heterocycles. The van der Waals surface area contributed by atoms with Crippen molar-refractivity contribution < 1.29 is 23.1 Å². The SMILES string of the molecule is CCCS(=O)(=O)N1CCCC1C(=O)N(C)CC(O)COC. The van der Waals surface area contributed by atoms with Gasteiger partial charge in [0.1, 0.15) is 6.04 Å². The van der Waals surface area contributed by atoms with E-state index in [-0.39, 0.29) is 24.8 Å². The first-order chi connectivity index (χ1) is 9.83. The number of hydrogen-bond acceptors (Lipinski definition) is 5. The van der Waals surface area contributed by atoms with Crippen molar-refractivity contribution in [3.63, 3.8) is 0 Å². The van der Waals surface area contributed by atoms with Crippen molar-refractivity contribution in [2.45, 2.75) is 38.3 Å². The summed E-state index contributed by atoms with van der Waals surface area (Å²) in [7, 11) is -0.331. The molecule has 1 rings (SSSR count). The standard InChI is InChI=1S/C13H26N2O5S/c1-4-8-21(18,19)15-7-5-6-12(15)13(17)14(2)9-11(16)10-20-3/h11-12,16H,4-10H2,1-3H3. The Balaban J connectivity index is 2.72. The van der Waals surface area contributed by atoms with E-state index < -0.39 is 22.2 Å². The van der Waals surface area contributed by atoms with Crippen LogP contribution in [-0.2, 0) is 19.6 Å². The molecular weight excluding hydrogens is 296 g/mol. The Kier molecular flexibility index (Phi) is 7.05. The third kappa shape index (κ3) is 4.91. The Labute approximate surface area is 126 Å². The maximum absolute atomic E-state index is 12.4. The number of aliphatic hydroxyl groups is 1. The molecule has 0 radical (unpaired) electrons. The van der Waals surface area contributed by atoms with E-state index in [1.807, 2.05) is 0 Å². The summed E-state index contributed by atoms with van der Waals surface area (Å²) in [6.07, 6.45) is 0.980. The number of nitrogens with zero attached hydrogens (tertiary/aromatic N) is 2. The van der Waals surface area contributed by atoms with Crippen LogP contribution in [0, 0.1) is 0 Å². The number of rotatable bonds is 8. The summed E-state index contributed by atoms with van der Waals surface area (Å²) in [5, 5.41) is 9.67. The number of carbonyl (C=O) groups excluding carboxylic acids is 1. The van der Waals surface area contributed by atoms with Gasteiger partial charge in [0.05, 0.1) is 18.5 Å². The number of sulfonamides is 1. The molecule has 0 saturated carbocycles. The van der Waals surface area contributed by atoms with Crippen molar-refractivity contribution in [1.82, 2.24) is 9.21 Å². The Morgan fingerprint density at radius 2 is 2.19 bits per heavy atom. The average molecular weight is 322 g/mol. The number of likely N-dealkylation sites (N-methyl/N-ethyl adjacent to an activating group) is 1. The van der Waals surface area contributed by atoms with Gasteiger partial charge >= 0.3 is 0 Å². The molecule has 1 N–H and O–H groups in total. The smallest absolute Gasteiger partial charge is 0.240 e. The Morgan fingerprint density at radius 3 is 2.76 bits per heavy atom. The zero-order chi connectivity index (χ0) is 16.0. The summed E-state index contributed by atoms with van der Waals surface area (Å²) >= 11 is 0. The number of methoxy groups -OCH3 is 1. The summed E-state index contributed by atoms with van der Waals surface area (Å²) in [5.41, 5.74) is 0. The fourth-order valence-corrected chi connectivity index (χ4v) is 4.34. The van der Waals surface area contributed by atoms with Gasteiger partial charge in [0.25, 0.3) is 0 Å². The second kappa shape index (κ2) is 8.07. The highest BCUT2D eigenvalue weighted by molar-refractivity contribution is 7.89. The molecule has 0 aliphatic carbocycles. The number of ether oxygens (including phenoxy) is 1. The van der Waals surface area contributed by atoms with Crippen LogP contribution in [0.5, 0.6) is 0 Å². The summed E-state index contributed by atoms with van der Waals surface area (Å²) in [5.74, 6) is -0.199. The van der Waals surface area contributed by atoms with Gasteiger partial charge in [-0.15, -0.1) is 0 Å². The van der Waals surface area contributed by atoms with Gasteiger partial charge in [0.15, 0.2) is 0 Å². The van der Waals surface area contributed by atoms with Gasteiger partial charge in [-0.3, -0.25) is 4.79 Å². The van der Waals surface area contributed by atoms with Crippen LogP contribution in [0.4, 0.5) is 0 Å². The Hall–Kier alpha value is -0.700. The molecule has 1 amide bonds. The van der Waals surface area contributed by atoms with Crippen molar-refractivity contribution in [2.24, 2.45) is 0 Å². The highest BCUT2D eigenvalue weighted by Crippen LogP contribution is 2.23. The molecule has 1 saturated heterocycles. The molecule has 2 unspecified atom stereocenters. The molecular formula is C13H26N2O5S. The number of carbonyl (C=O) groups is 1. The van der Waals surface area contributed by atoms with Gasteiger partial charge in [0, 0.05) is 27.2 Å². The number of amides is 1. The summed E-state index contributed by atoms with van der Waals surface area (Å²) in [6, 6.07) is -0.638. The molecule has 8 heteroatoms. The lowest BCUT2D eigenvalue weighted by Crippen LogP contribution is -2.49. The minimum atomic E-state index is -3.38. The molecule has 1 fully saturated rings. The van der Waals surface area contributed by atoms with Gasteiger partial charge in [-0.25, -0.2) is 8.42 Å². The van der Waals surface area contributed by atoms with Crippen LogP contribution in [0.1, 0.15) is 26.2 Å². The van der Waals surface area contributed by atoms with Crippen LogP contribution >= 0.6 is 0 Å². The maximum Gasteiger partial charge on any atom is 0.240 e. The molecule has 21 heavy (non-hydrogen) atoms. The number of hydrogen-bond donors (Lipinski definition) is 1. The van der Waals surface area contributed by atoms with Crippen molar-refractivity contribution in [3.05, 3.63) is 0 Å². The van der Waals surface area contributed by atoms with Crippen LogP contribution in [0.2, 0.25) is 0 Å². The lowest BCUT2D eigenvalue weighted by Gasteiger charge is -2.28. The predicted molar refractivity (Wildman–Crippen MR) is 79.3 cm³/mol. The van der Waals surface area contributed by atoms with Crippen LogP contribution in [0.15, 0.2) is 0 Å². The van der Waals surface area contributed by atoms with Gasteiger partial charge < -0.3 is 14.7 Å². The molecule has 0 aromatic heterocycles. The molecule has 7 nitrogen and oxygen atoms in total. The fourth-order valence-electron chi connectivity index (χ4n) is 2.60. The normalized spacial score (nSPS) is 21.4. The zero-order valence-corrected chi connectivity index (χ0v) is 13.8. The summed E-state index contributed by atoms with van der Waals surface area (Å²) in [4.78, 5) is 13.8. The summed E-state index contributed by atoms with van der Waals surface area (Å²) < 4.78 is 30.5. The fraction of sp³-hybridized carbons (Fsp3) is 0.923. The van der Waals surface area contributed by atoms with E-state index in [2.05, 4.69) is 0 Å². The first-order valence-electron chi connectivity index (χ1n) is 7.25. The zero-order valence-electron chi connectivity index (χ0n) is 13.0. The maximum atomic E-state index is 12.4. The van der Waals surface area contributed by atoms with Crippen LogP contribution in [0.3, 0.4) is 0 Å². The molecule has 0 bridgehead atoms. The largest absolute Gasteiger partial charge is 0.389 e. The molecule has 1 aliphatic heterocycles. The predicted octanol–water partition coefficient (Wildman–Crippen LogP) is -0.344. The van der Waals surface area contributed by atoms with Crippen LogP contribution < -0.4 is 0 Å². The second-order valence-electron chi connectivity index (χ2n) is 5.41. The Morgan fingerprint density at radius 1 is 1.52 bits per heavy atom. The van der Waals surface area contributed by atoms with Gasteiger partial charge in [-0.1, -0.05) is 6.92 Å². The quantitative estimate of drug-likeness (QED) is 0.660. The second-order valence-corrected chi connectivity index (χ2v) is 7.45. The van der Waals surface area contributed by atoms with Crippen molar-refractivity contribution >= 4 is 15.9 Å². The number of aliphatic hydroxyl groups excluding tert-OH is 1. The van der Waals surface area contributed by atoms with Crippen LogP contribution in [0.25, 0.3) is 0 Å².